The topological polar surface area (TPSA) is 21.3 Å². The van der Waals surface area contributed by atoms with E-state index in [0.717, 1.165) is 26.2 Å². The fourth-order valence-electron chi connectivity index (χ4n) is 2.72. The fourth-order valence-corrected chi connectivity index (χ4v) is 2.72. The van der Waals surface area contributed by atoms with E-state index in [0.29, 0.717) is 5.92 Å². The molecule has 0 bridgehead atoms. The van der Waals surface area contributed by atoms with Crippen LogP contribution >= 0.6 is 0 Å². The lowest BCUT2D eigenvalue weighted by atomic mass is 9.67. The molecule has 1 N–H and O–H groups in total. The Labute approximate surface area is 102 Å². The van der Waals surface area contributed by atoms with E-state index in [1.165, 1.54) is 5.56 Å². The number of rotatable bonds is 5. The first kappa shape index (κ1) is 12.5. The van der Waals surface area contributed by atoms with Crippen molar-refractivity contribution in [2.75, 3.05) is 26.8 Å². The summed E-state index contributed by atoms with van der Waals surface area (Å²) in [6.45, 7) is 4.67. The van der Waals surface area contributed by atoms with Crippen molar-refractivity contribution in [3.63, 3.8) is 0 Å². The van der Waals surface area contributed by atoms with Gasteiger partial charge in [0.15, 0.2) is 0 Å². The normalized spacial score (nSPS) is 19.7. The number of benzene rings is 1. The van der Waals surface area contributed by atoms with Crippen molar-refractivity contribution < 1.29 is 9.13 Å². The fraction of sp³-hybridized carbons (Fsp3) is 0.571. The molecule has 1 saturated heterocycles. The highest BCUT2D eigenvalue weighted by molar-refractivity contribution is 5.29. The van der Waals surface area contributed by atoms with E-state index in [-0.39, 0.29) is 11.2 Å². The van der Waals surface area contributed by atoms with Gasteiger partial charge in [0.25, 0.3) is 0 Å². The third kappa shape index (κ3) is 2.22. The van der Waals surface area contributed by atoms with Crippen LogP contribution in [0.2, 0.25) is 0 Å². The van der Waals surface area contributed by atoms with Crippen molar-refractivity contribution in [2.24, 2.45) is 5.92 Å². The zero-order chi connectivity index (χ0) is 12.3. The summed E-state index contributed by atoms with van der Waals surface area (Å²) in [7, 11) is 1.97. The molecular weight excluding hydrogens is 217 g/mol. The van der Waals surface area contributed by atoms with Crippen molar-refractivity contribution in [1.29, 1.82) is 0 Å². The number of halogens is 1. The predicted octanol–water partition coefficient (Wildman–Crippen LogP) is 2.34. The molecule has 0 aliphatic carbocycles. The van der Waals surface area contributed by atoms with Crippen LogP contribution in [0.25, 0.3) is 0 Å². The summed E-state index contributed by atoms with van der Waals surface area (Å²) in [4.78, 5) is 0. The minimum Gasteiger partial charge on any atom is -0.379 e. The van der Waals surface area contributed by atoms with E-state index in [1.807, 2.05) is 19.2 Å². The maximum absolute atomic E-state index is 13.0. The van der Waals surface area contributed by atoms with Crippen LogP contribution in [-0.4, -0.2) is 26.8 Å². The third-order valence-corrected chi connectivity index (χ3v) is 3.86. The molecule has 2 rings (SSSR count). The lowest BCUT2D eigenvalue weighted by molar-refractivity contribution is -0.0910. The zero-order valence-corrected chi connectivity index (χ0v) is 10.5. The first-order valence-corrected chi connectivity index (χ1v) is 6.21. The maximum atomic E-state index is 13.0. The molecule has 2 nitrogen and oxygen atoms in total. The molecular formula is C14H20FNO. The Morgan fingerprint density at radius 2 is 2.00 bits per heavy atom. The minimum absolute atomic E-state index is 0.0749. The minimum atomic E-state index is -0.175. The average Bonchev–Trinajstić information content (AvgIpc) is 2.29. The van der Waals surface area contributed by atoms with Gasteiger partial charge in [0.05, 0.1) is 13.2 Å². The van der Waals surface area contributed by atoms with Crippen LogP contribution < -0.4 is 5.32 Å². The van der Waals surface area contributed by atoms with Crippen molar-refractivity contribution >= 4 is 0 Å². The SMILES string of the molecule is CCC(CNC)C1(c2ccc(F)cc2)COC1. The molecule has 1 aliphatic rings. The summed E-state index contributed by atoms with van der Waals surface area (Å²) in [6, 6.07) is 6.88. The van der Waals surface area contributed by atoms with Crippen LogP contribution in [0.15, 0.2) is 24.3 Å². The first-order chi connectivity index (χ1) is 8.23. The molecule has 1 aliphatic heterocycles. The molecule has 94 valence electrons. The number of ether oxygens (including phenoxy) is 1. The highest BCUT2D eigenvalue weighted by Gasteiger charge is 2.45. The summed E-state index contributed by atoms with van der Waals surface area (Å²) >= 11 is 0. The summed E-state index contributed by atoms with van der Waals surface area (Å²) in [5, 5.41) is 3.24. The summed E-state index contributed by atoms with van der Waals surface area (Å²) in [5.74, 6) is 0.359. The Morgan fingerprint density at radius 1 is 1.35 bits per heavy atom. The van der Waals surface area contributed by atoms with Gasteiger partial charge in [-0.3, -0.25) is 0 Å². The third-order valence-electron chi connectivity index (χ3n) is 3.86. The molecule has 1 aromatic carbocycles. The van der Waals surface area contributed by atoms with Crippen LogP contribution in [0.5, 0.6) is 0 Å². The molecule has 3 heteroatoms. The van der Waals surface area contributed by atoms with Crippen molar-refractivity contribution in [1.82, 2.24) is 5.32 Å². The van der Waals surface area contributed by atoms with Crippen LogP contribution in [-0.2, 0) is 10.2 Å². The molecule has 17 heavy (non-hydrogen) atoms. The smallest absolute Gasteiger partial charge is 0.123 e. The van der Waals surface area contributed by atoms with Gasteiger partial charge in [-0.25, -0.2) is 4.39 Å². The Morgan fingerprint density at radius 3 is 2.41 bits per heavy atom. The predicted molar refractivity (Wildman–Crippen MR) is 66.6 cm³/mol. The molecule has 1 atom stereocenters. The van der Waals surface area contributed by atoms with Crippen LogP contribution in [0, 0.1) is 11.7 Å². The van der Waals surface area contributed by atoms with Gasteiger partial charge in [-0.2, -0.15) is 0 Å². The van der Waals surface area contributed by atoms with Gasteiger partial charge in [-0.15, -0.1) is 0 Å². The average molecular weight is 237 g/mol. The number of hydrogen-bond acceptors (Lipinski definition) is 2. The molecule has 0 aromatic heterocycles. The second kappa shape index (κ2) is 5.15. The summed E-state index contributed by atoms with van der Waals surface area (Å²) < 4.78 is 18.4. The second-order valence-corrected chi connectivity index (χ2v) is 4.82. The molecule has 1 aromatic rings. The van der Waals surface area contributed by atoms with Crippen LogP contribution in [0.1, 0.15) is 18.9 Å². The summed E-state index contributed by atoms with van der Waals surface area (Å²) in [6.07, 6.45) is 1.10. The van der Waals surface area contributed by atoms with Gasteiger partial charge < -0.3 is 10.1 Å². The standard InChI is InChI=1S/C14H20FNO/c1-3-11(8-16-2)14(9-17-10-14)12-4-6-13(15)7-5-12/h4-7,11,16H,3,8-10H2,1-2H3. The molecule has 0 radical (unpaired) electrons. The van der Waals surface area contributed by atoms with E-state index >= 15 is 0 Å². The van der Waals surface area contributed by atoms with E-state index < -0.39 is 0 Å². The molecule has 1 fully saturated rings. The first-order valence-electron chi connectivity index (χ1n) is 6.21. The largest absolute Gasteiger partial charge is 0.379 e. The maximum Gasteiger partial charge on any atom is 0.123 e. The quantitative estimate of drug-likeness (QED) is 0.848. The van der Waals surface area contributed by atoms with Gasteiger partial charge in [0.1, 0.15) is 5.82 Å². The Bertz CT molecular complexity index is 359. The second-order valence-electron chi connectivity index (χ2n) is 4.82. The van der Waals surface area contributed by atoms with Gasteiger partial charge in [0, 0.05) is 5.41 Å². The highest BCUT2D eigenvalue weighted by Crippen LogP contribution is 2.40. The molecule has 1 heterocycles. The van der Waals surface area contributed by atoms with E-state index in [2.05, 4.69) is 12.2 Å². The molecule has 0 spiro atoms. The van der Waals surface area contributed by atoms with E-state index in [9.17, 15) is 4.39 Å². The lowest BCUT2D eigenvalue weighted by Crippen LogP contribution is -2.54. The van der Waals surface area contributed by atoms with Crippen molar-refractivity contribution in [2.45, 2.75) is 18.8 Å². The molecule has 0 amide bonds. The van der Waals surface area contributed by atoms with Crippen LogP contribution in [0.3, 0.4) is 0 Å². The number of hydrogen-bond donors (Lipinski definition) is 1. The van der Waals surface area contributed by atoms with E-state index in [4.69, 9.17) is 4.74 Å². The summed E-state index contributed by atoms with van der Waals surface area (Å²) in [5.41, 5.74) is 1.28. The van der Waals surface area contributed by atoms with Gasteiger partial charge in [0.2, 0.25) is 0 Å². The van der Waals surface area contributed by atoms with Crippen molar-refractivity contribution in [3.05, 3.63) is 35.6 Å². The van der Waals surface area contributed by atoms with Gasteiger partial charge in [-0.1, -0.05) is 25.5 Å². The molecule has 0 saturated carbocycles. The van der Waals surface area contributed by atoms with Crippen molar-refractivity contribution in [3.8, 4) is 0 Å². The van der Waals surface area contributed by atoms with Gasteiger partial charge in [-0.05, 0) is 37.2 Å². The number of nitrogens with one attached hydrogen (secondary N) is 1. The zero-order valence-electron chi connectivity index (χ0n) is 10.5. The Hall–Kier alpha value is -0.930. The van der Waals surface area contributed by atoms with E-state index in [1.54, 1.807) is 12.1 Å². The Kier molecular flexibility index (Phi) is 3.79. The monoisotopic (exact) mass is 237 g/mol. The van der Waals surface area contributed by atoms with Crippen LogP contribution in [0.4, 0.5) is 4.39 Å². The van der Waals surface area contributed by atoms with Gasteiger partial charge >= 0.3 is 0 Å². The highest BCUT2D eigenvalue weighted by atomic mass is 19.1. The molecule has 1 unspecified atom stereocenters. The lowest BCUT2D eigenvalue weighted by Gasteiger charge is -2.47. The Balaban J connectivity index is 2.26.